The van der Waals surface area contributed by atoms with Crippen LogP contribution in [-0.4, -0.2) is 42.0 Å². The van der Waals surface area contributed by atoms with E-state index < -0.39 is 35.1 Å². The summed E-state index contributed by atoms with van der Waals surface area (Å²) in [4.78, 5) is 7.82. The second-order valence-corrected chi connectivity index (χ2v) is 7.71. The topological polar surface area (TPSA) is 65.2 Å². The minimum atomic E-state index is -4.70. The molecule has 1 saturated carbocycles. The number of pyridine rings is 1. The predicted molar refractivity (Wildman–Crippen MR) is 91.6 cm³/mol. The summed E-state index contributed by atoms with van der Waals surface area (Å²) < 4.78 is 73.5. The Kier molecular flexibility index (Phi) is 4.08. The van der Waals surface area contributed by atoms with Crippen LogP contribution in [-0.2, 0) is 0 Å². The van der Waals surface area contributed by atoms with Crippen LogP contribution in [0.3, 0.4) is 0 Å². The van der Waals surface area contributed by atoms with E-state index in [0.29, 0.717) is 17.9 Å². The van der Waals surface area contributed by atoms with Crippen LogP contribution in [0.25, 0.3) is 16.9 Å². The summed E-state index contributed by atoms with van der Waals surface area (Å²) in [6, 6.07) is 0.976. The highest BCUT2D eigenvalue weighted by Crippen LogP contribution is 2.53. The van der Waals surface area contributed by atoms with Crippen LogP contribution in [0.4, 0.5) is 22.0 Å². The van der Waals surface area contributed by atoms with Crippen LogP contribution in [0.15, 0.2) is 24.7 Å². The molecule has 0 N–H and O–H groups in total. The summed E-state index contributed by atoms with van der Waals surface area (Å²) in [6.45, 7) is 3.03. The Labute approximate surface area is 161 Å². The predicted octanol–water partition coefficient (Wildman–Crippen LogP) is 4.26. The molecule has 3 aromatic heterocycles. The molecular weight excluding hydrogens is 397 g/mol. The lowest BCUT2D eigenvalue weighted by Gasteiger charge is -2.28. The van der Waals surface area contributed by atoms with Gasteiger partial charge in [-0.05, 0) is 33.3 Å². The molecule has 0 aromatic carbocycles. The number of hydrogen-bond donors (Lipinski definition) is 0. The number of hydrogen-bond acceptors (Lipinski definition) is 5. The van der Waals surface area contributed by atoms with E-state index in [1.54, 1.807) is 4.40 Å². The van der Waals surface area contributed by atoms with Crippen molar-refractivity contribution in [3.05, 3.63) is 36.3 Å². The Morgan fingerprint density at radius 3 is 2.45 bits per heavy atom. The minimum absolute atomic E-state index is 0.208. The summed E-state index contributed by atoms with van der Waals surface area (Å²) in [7, 11) is 0. The first-order chi connectivity index (χ1) is 13.4. The van der Waals surface area contributed by atoms with Gasteiger partial charge in [0, 0.05) is 18.0 Å². The number of nitrogens with zero attached hydrogens (tertiary/aromatic N) is 5. The molecule has 4 rings (SSSR count). The lowest BCUT2D eigenvalue weighted by atomic mass is 10.1. The normalized spacial score (nSPS) is 22.1. The third kappa shape index (κ3) is 3.38. The highest BCUT2D eigenvalue weighted by molar-refractivity contribution is 5.59. The molecule has 0 saturated heterocycles. The number of alkyl halides is 4. The zero-order valence-electron chi connectivity index (χ0n) is 15.6. The molecule has 0 radical (unpaired) electrons. The van der Waals surface area contributed by atoms with E-state index in [2.05, 4.69) is 20.2 Å². The molecule has 3 heterocycles. The minimum Gasteiger partial charge on any atom is -0.460 e. The van der Waals surface area contributed by atoms with Crippen molar-refractivity contribution in [2.24, 2.45) is 0 Å². The molecule has 1 fully saturated rings. The van der Waals surface area contributed by atoms with Crippen molar-refractivity contribution < 1.29 is 26.7 Å². The maximum absolute atomic E-state index is 14.4. The molecule has 11 heteroatoms. The summed E-state index contributed by atoms with van der Waals surface area (Å²) >= 11 is 0. The molecule has 0 bridgehead atoms. The standard InChI is InChI=1S/C18H16F5N5O/c1-16(2,18(21,22)23)29-15-11(19)4-9(6-25-15)12-8-28-13(7-24-12)26-27-14(28)10-5-17(10,3)20/h4,6-8,10H,5H2,1-3H3/t10-,17?/m0/s1. The Hall–Kier alpha value is -2.85. The zero-order chi connectivity index (χ0) is 21.2. The summed E-state index contributed by atoms with van der Waals surface area (Å²) in [6.07, 6.45) is -0.332. The number of rotatable bonds is 4. The van der Waals surface area contributed by atoms with Gasteiger partial charge in [0.25, 0.3) is 5.88 Å². The van der Waals surface area contributed by atoms with Gasteiger partial charge in [0.05, 0.1) is 17.8 Å². The van der Waals surface area contributed by atoms with E-state index in [1.807, 2.05) is 0 Å². The second kappa shape index (κ2) is 6.07. The number of ether oxygens (including phenoxy) is 1. The van der Waals surface area contributed by atoms with E-state index in [4.69, 9.17) is 4.74 Å². The molecule has 6 nitrogen and oxygen atoms in total. The Balaban J connectivity index is 1.66. The molecule has 2 atom stereocenters. The maximum atomic E-state index is 14.4. The van der Waals surface area contributed by atoms with E-state index in [1.165, 1.54) is 19.3 Å². The van der Waals surface area contributed by atoms with Crippen LogP contribution in [0, 0.1) is 5.82 Å². The molecule has 154 valence electrons. The zero-order valence-corrected chi connectivity index (χ0v) is 15.6. The van der Waals surface area contributed by atoms with Crippen LogP contribution in [0.1, 0.15) is 38.9 Å². The van der Waals surface area contributed by atoms with Gasteiger partial charge in [0.15, 0.2) is 17.1 Å². The smallest absolute Gasteiger partial charge is 0.427 e. The van der Waals surface area contributed by atoms with Crippen LogP contribution in [0.2, 0.25) is 0 Å². The van der Waals surface area contributed by atoms with Gasteiger partial charge in [-0.3, -0.25) is 9.38 Å². The molecule has 1 aliphatic rings. The van der Waals surface area contributed by atoms with Gasteiger partial charge >= 0.3 is 6.18 Å². The average molecular weight is 413 g/mol. The van der Waals surface area contributed by atoms with Crippen molar-refractivity contribution in [2.45, 2.75) is 50.6 Å². The summed E-state index contributed by atoms with van der Waals surface area (Å²) in [5, 5.41) is 7.94. The van der Waals surface area contributed by atoms with Crippen LogP contribution >= 0.6 is 0 Å². The molecule has 0 aliphatic heterocycles. The fraction of sp³-hybridized carbons (Fsp3) is 0.444. The Morgan fingerprint density at radius 1 is 1.17 bits per heavy atom. The first kappa shape index (κ1) is 19.5. The van der Waals surface area contributed by atoms with E-state index >= 15 is 0 Å². The van der Waals surface area contributed by atoms with Crippen molar-refractivity contribution in [2.75, 3.05) is 0 Å². The Morgan fingerprint density at radius 2 is 1.86 bits per heavy atom. The van der Waals surface area contributed by atoms with Crippen LogP contribution < -0.4 is 4.74 Å². The van der Waals surface area contributed by atoms with Crippen molar-refractivity contribution in [1.82, 2.24) is 24.6 Å². The number of halogens is 5. The van der Waals surface area contributed by atoms with E-state index in [0.717, 1.165) is 26.1 Å². The van der Waals surface area contributed by atoms with Crippen molar-refractivity contribution >= 4 is 5.65 Å². The lowest BCUT2D eigenvalue weighted by Crippen LogP contribution is -2.45. The second-order valence-electron chi connectivity index (χ2n) is 7.71. The number of aromatic nitrogens is 5. The molecule has 3 aromatic rings. The largest absolute Gasteiger partial charge is 0.460 e. The molecule has 0 spiro atoms. The molecule has 1 aliphatic carbocycles. The van der Waals surface area contributed by atoms with Crippen LogP contribution in [0.5, 0.6) is 5.88 Å². The van der Waals surface area contributed by atoms with Gasteiger partial charge in [0.2, 0.25) is 0 Å². The highest BCUT2D eigenvalue weighted by atomic mass is 19.4. The third-order valence-corrected chi connectivity index (χ3v) is 4.94. The van der Waals surface area contributed by atoms with Crippen molar-refractivity contribution in [3.8, 4) is 17.1 Å². The number of fused-ring (bicyclic) bond motifs is 1. The van der Waals surface area contributed by atoms with Crippen molar-refractivity contribution in [1.29, 1.82) is 0 Å². The summed E-state index contributed by atoms with van der Waals surface area (Å²) in [5.74, 6) is -1.81. The first-order valence-electron chi connectivity index (χ1n) is 8.70. The van der Waals surface area contributed by atoms with Gasteiger partial charge in [-0.25, -0.2) is 13.8 Å². The summed E-state index contributed by atoms with van der Waals surface area (Å²) in [5.41, 5.74) is -3.09. The lowest BCUT2D eigenvalue weighted by molar-refractivity contribution is -0.235. The molecule has 0 amide bonds. The van der Waals surface area contributed by atoms with E-state index in [9.17, 15) is 22.0 Å². The van der Waals surface area contributed by atoms with Gasteiger partial charge < -0.3 is 4.74 Å². The van der Waals surface area contributed by atoms with Gasteiger partial charge in [-0.2, -0.15) is 13.2 Å². The highest BCUT2D eigenvalue weighted by Gasteiger charge is 2.54. The fourth-order valence-corrected chi connectivity index (χ4v) is 2.85. The van der Waals surface area contributed by atoms with Gasteiger partial charge in [-0.15, -0.1) is 10.2 Å². The quantitative estimate of drug-likeness (QED) is 0.598. The molecule has 1 unspecified atom stereocenters. The Bertz CT molecular complexity index is 1090. The maximum Gasteiger partial charge on any atom is 0.427 e. The van der Waals surface area contributed by atoms with E-state index in [-0.39, 0.29) is 11.3 Å². The van der Waals surface area contributed by atoms with Crippen molar-refractivity contribution in [3.63, 3.8) is 0 Å². The van der Waals surface area contributed by atoms with Gasteiger partial charge in [0.1, 0.15) is 11.5 Å². The molecule has 29 heavy (non-hydrogen) atoms. The monoisotopic (exact) mass is 413 g/mol. The third-order valence-electron chi connectivity index (χ3n) is 4.94. The van der Waals surface area contributed by atoms with Gasteiger partial charge in [-0.1, -0.05) is 0 Å². The SMILES string of the molecule is CC1(F)C[C@H]1c1nnc2cnc(-c3cnc(OC(C)(C)C(F)(F)F)c(F)c3)cn12. The first-order valence-corrected chi connectivity index (χ1v) is 8.70. The average Bonchev–Trinajstić information content (AvgIpc) is 3.06. The molecular formula is C18H16F5N5O. The fourth-order valence-electron chi connectivity index (χ4n) is 2.85.